The van der Waals surface area contributed by atoms with Crippen LogP contribution in [0, 0.1) is 0 Å². The fourth-order valence-corrected chi connectivity index (χ4v) is 4.35. The van der Waals surface area contributed by atoms with Crippen molar-refractivity contribution in [3.63, 3.8) is 0 Å². The molecule has 0 spiro atoms. The minimum atomic E-state index is -7.88. The second kappa shape index (κ2) is 5.31. The minimum Gasteiger partial charge on any atom is -0.394 e. The molecule has 1 unspecified atom stereocenters. The zero-order chi connectivity index (χ0) is 24.7. The molecule has 0 aliphatic heterocycles. The number of rotatable bonds is 4. The fourth-order valence-electron chi connectivity index (χ4n) is 4.35. The van der Waals surface area contributed by atoms with Gasteiger partial charge in [-0.3, -0.25) is 0 Å². The van der Waals surface area contributed by atoms with Crippen molar-refractivity contribution < 1.29 is 80.8 Å². The molecular weight excluding hydrogens is 489 g/mol. The maximum Gasteiger partial charge on any atom is 0.339 e. The van der Waals surface area contributed by atoms with Crippen LogP contribution in [0.25, 0.3) is 0 Å². The number of aliphatic hydroxyl groups is 2. The largest absolute Gasteiger partial charge is 0.394 e. The van der Waals surface area contributed by atoms with Crippen molar-refractivity contribution in [1.82, 2.24) is 0 Å². The lowest BCUT2D eigenvalue weighted by Crippen LogP contribution is -3.10. The van der Waals surface area contributed by atoms with Gasteiger partial charge in [0.05, 0.1) is 13.2 Å². The Labute approximate surface area is 159 Å². The summed E-state index contributed by atoms with van der Waals surface area (Å²) >= 11 is 0. The van der Waals surface area contributed by atoms with Crippen LogP contribution in [0.2, 0.25) is 0 Å². The zero-order valence-electron chi connectivity index (χ0n) is 14.0. The summed E-state index contributed by atoms with van der Waals surface area (Å²) in [5.41, 5.74) is -30.3. The van der Waals surface area contributed by atoms with Gasteiger partial charge in [0.2, 0.25) is 0 Å². The van der Waals surface area contributed by atoms with E-state index in [1.165, 1.54) is 0 Å². The van der Waals surface area contributed by atoms with Crippen LogP contribution in [-0.4, -0.2) is 87.7 Å². The Hall–Kier alpha value is -1.17. The van der Waals surface area contributed by atoms with Crippen LogP contribution in [0.5, 0.6) is 0 Å². The minimum absolute atomic E-state index is 1.73. The molecule has 182 valence electrons. The zero-order valence-corrected chi connectivity index (χ0v) is 14.0. The first-order chi connectivity index (χ1) is 13.5. The van der Waals surface area contributed by atoms with E-state index in [4.69, 9.17) is 10.2 Å². The molecular formula is C13H7F15O3. The summed E-state index contributed by atoms with van der Waals surface area (Å²) in [7, 11) is 0. The van der Waals surface area contributed by atoms with E-state index in [9.17, 15) is 65.9 Å². The molecule has 0 aromatic heterocycles. The molecule has 0 amide bonds. The van der Waals surface area contributed by atoms with Gasteiger partial charge in [0.1, 0.15) is 6.10 Å². The average molecular weight is 496 g/mol. The Bertz CT molecular complexity index is 697. The highest BCUT2D eigenvalue weighted by molar-refractivity contribution is 5.54. The monoisotopic (exact) mass is 496 g/mol. The molecule has 0 aromatic rings. The van der Waals surface area contributed by atoms with Gasteiger partial charge in [-0.1, -0.05) is 0 Å². The molecule has 0 aromatic carbocycles. The van der Waals surface area contributed by atoms with Crippen LogP contribution >= 0.6 is 0 Å². The summed E-state index contributed by atoms with van der Waals surface area (Å²) in [6.45, 7) is -4.24. The van der Waals surface area contributed by atoms with Gasteiger partial charge >= 0.3 is 52.5 Å². The van der Waals surface area contributed by atoms with E-state index in [-0.39, 0.29) is 0 Å². The standard InChI is InChI=1S/C13H7F15O3/c14-4-8(17,18)5(15)10(21,22)6(16,9(4,19)20)13(27,28)7(11(4,23)24,12(5,25)26)31-2-3(30)1-29/h3,29-30H,1-2H2. The Morgan fingerprint density at radius 3 is 1.00 bits per heavy atom. The third-order valence-electron chi connectivity index (χ3n) is 5.92. The molecule has 1 atom stereocenters. The van der Waals surface area contributed by atoms with Crippen LogP contribution in [0.3, 0.4) is 0 Å². The van der Waals surface area contributed by atoms with Crippen molar-refractivity contribution in [2.75, 3.05) is 13.2 Å². The smallest absolute Gasteiger partial charge is 0.339 e. The van der Waals surface area contributed by atoms with E-state index in [1.54, 1.807) is 0 Å². The van der Waals surface area contributed by atoms with Gasteiger partial charge in [0.25, 0.3) is 5.60 Å². The first kappa shape index (κ1) is 24.5. The maximum absolute atomic E-state index is 14.7. The Morgan fingerprint density at radius 2 is 0.774 bits per heavy atom. The summed E-state index contributed by atoms with van der Waals surface area (Å²) in [6, 6.07) is 0. The molecule has 18 heteroatoms. The van der Waals surface area contributed by atoms with E-state index in [1.807, 2.05) is 0 Å². The normalized spacial score (nSPS) is 47.9. The van der Waals surface area contributed by atoms with E-state index < -0.39 is 77.5 Å². The average Bonchev–Trinajstić information content (AvgIpc) is 2.61. The van der Waals surface area contributed by atoms with Gasteiger partial charge in [-0.25, -0.2) is 13.2 Å². The Kier molecular flexibility index (Phi) is 4.19. The van der Waals surface area contributed by atoms with Crippen molar-refractivity contribution in [1.29, 1.82) is 0 Å². The molecule has 0 saturated heterocycles. The van der Waals surface area contributed by atoms with Crippen molar-refractivity contribution in [3.8, 4) is 0 Å². The number of aliphatic hydroxyl groups excluding tert-OH is 2. The Balaban J connectivity index is 2.59. The highest BCUT2D eigenvalue weighted by atomic mass is 19.3. The molecule has 2 N–H and O–H groups in total. The second-order valence-corrected chi connectivity index (χ2v) is 7.25. The van der Waals surface area contributed by atoms with Crippen LogP contribution in [0.4, 0.5) is 65.9 Å². The number of halogens is 15. The second-order valence-electron chi connectivity index (χ2n) is 7.25. The van der Waals surface area contributed by atoms with Gasteiger partial charge < -0.3 is 14.9 Å². The van der Waals surface area contributed by atoms with Gasteiger partial charge in [-0.15, -0.1) is 0 Å². The SMILES string of the molecule is OCC(O)COC12C(F)(F)C3(F)C(F)(F)C(F)(C(F)(F)C(F)(C3(F)F)C1(F)F)C2(F)F. The van der Waals surface area contributed by atoms with E-state index in [2.05, 4.69) is 4.74 Å². The maximum atomic E-state index is 14.7. The lowest BCUT2D eigenvalue weighted by atomic mass is 9.40. The molecule has 4 rings (SSSR count). The molecule has 4 bridgehead atoms. The van der Waals surface area contributed by atoms with E-state index >= 15 is 0 Å². The summed E-state index contributed by atoms with van der Waals surface area (Å²) < 4.78 is 219. The van der Waals surface area contributed by atoms with Gasteiger partial charge in [-0.2, -0.15) is 52.7 Å². The van der Waals surface area contributed by atoms with Crippen molar-refractivity contribution in [2.45, 2.75) is 64.2 Å². The first-order valence-electron chi connectivity index (χ1n) is 7.72. The van der Waals surface area contributed by atoms with Crippen LogP contribution in [0.1, 0.15) is 0 Å². The third kappa shape index (κ3) is 1.57. The van der Waals surface area contributed by atoms with Crippen LogP contribution in [-0.2, 0) is 4.74 Å². The van der Waals surface area contributed by atoms with E-state index in [0.717, 1.165) is 0 Å². The predicted molar refractivity (Wildman–Crippen MR) is 63.0 cm³/mol. The number of hydrogen-bond acceptors (Lipinski definition) is 3. The number of ether oxygens (including phenoxy) is 1. The highest BCUT2D eigenvalue weighted by Crippen LogP contribution is 2.88. The number of hydrogen-bond donors (Lipinski definition) is 2. The van der Waals surface area contributed by atoms with Crippen molar-refractivity contribution >= 4 is 0 Å². The molecule has 31 heavy (non-hydrogen) atoms. The summed E-state index contributed by atoms with van der Waals surface area (Å²) in [4.78, 5) is 0. The molecule has 3 nitrogen and oxygen atoms in total. The summed E-state index contributed by atoms with van der Waals surface area (Å²) in [5, 5.41) is 17.4. The molecule has 0 heterocycles. The van der Waals surface area contributed by atoms with E-state index in [0.29, 0.717) is 0 Å². The first-order valence-corrected chi connectivity index (χ1v) is 7.72. The molecule has 4 aliphatic rings. The Morgan fingerprint density at radius 1 is 0.516 bits per heavy atom. The lowest BCUT2D eigenvalue weighted by molar-refractivity contribution is -0.619. The van der Waals surface area contributed by atoms with Crippen molar-refractivity contribution in [3.05, 3.63) is 0 Å². The molecule has 0 radical (unpaired) electrons. The summed E-state index contributed by atoms with van der Waals surface area (Å²) in [5.74, 6) is -46.7. The van der Waals surface area contributed by atoms with Gasteiger partial charge in [0.15, 0.2) is 0 Å². The molecule has 4 aliphatic carbocycles. The highest BCUT2D eigenvalue weighted by Gasteiger charge is 3.23. The molecule has 4 saturated carbocycles. The van der Waals surface area contributed by atoms with Crippen molar-refractivity contribution in [2.24, 2.45) is 0 Å². The predicted octanol–water partition coefficient (Wildman–Crippen LogP) is 3.07. The van der Waals surface area contributed by atoms with Crippen LogP contribution in [0.15, 0.2) is 0 Å². The topological polar surface area (TPSA) is 49.7 Å². The van der Waals surface area contributed by atoms with Gasteiger partial charge in [0, 0.05) is 0 Å². The third-order valence-corrected chi connectivity index (χ3v) is 5.92. The molecule has 4 fully saturated rings. The quantitative estimate of drug-likeness (QED) is 0.589. The van der Waals surface area contributed by atoms with Gasteiger partial charge in [-0.05, 0) is 0 Å². The number of alkyl halides is 15. The van der Waals surface area contributed by atoms with Crippen LogP contribution < -0.4 is 0 Å². The fraction of sp³-hybridized carbons (Fsp3) is 1.00. The summed E-state index contributed by atoms with van der Waals surface area (Å²) in [6.07, 6.45) is -2.79. The lowest BCUT2D eigenvalue weighted by Gasteiger charge is -2.74.